The van der Waals surface area contributed by atoms with Crippen molar-refractivity contribution >= 4 is 17.0 Å². The number of rotatable bonds is 5. The summed E-state index contributed by atoms with van der Waals surface area (Å²) in [6, 6.07) is 3.24. The second-order valence-corrected chi connectivity index (χ2v) is 4.50. The number of benzene rings is 1. The number of aromatic amines is 1. The Bertz CT molecular complexity index is 802. The molecule has 0 aliphatic heterocycles. The second-order valence-electron chi connectivity index (χ2n) is 4.50. The van der Waals surface area contributed by atoms with E-state index < -0.39 is 0 Å². The van der Waals surface area contributed by atoms with E-state index in [0.717, 1.165) is 0 Å². The van der Waals surface area contributed by atoms with Crippen LogP contribution in [0.5, 0.6) is 17.2 Å². The van der Waals surface area contributed by atoms with Gasteiger partial charge in [0.1, 0.15) is 29.1 Å². The van der Waals surface area contributed by atoms with Gasteiger partial charge >= 0.3 is 0 Å². The first-order valence-corrected chi connectivity index (χ1v) is 6.54. The summed E-state index contributed by atoms with van der Waals surface area (Å²) >= 11 is 0. The first-order valence-electron chi connectivity index (χ1n) is 6.54. The number of ether oxygens (including phenoxy) is 2. The van der Waals surface area contributed by atoms with Gasteiger partial charge in [0.2, 0.25) is 0 Å². The predicted octanol–water partition coefficient (Wildman–Crippen LogP) is 1.69. The second kappa shape index (κ2) is 5.76. The van der Waals surface area contributed by atoms with Crippen LogP contribution in [0.15, 0.2) is 24.8 Å². The van der Waals surface area contributed by atoms with Crippen molar-refractivity contribution in [3.05, 3.63) is 30.4 Å². The molecule has 0 radical (unpaired) electrons. The molecule has 3 aromatic rings. The van der Waals surface area contributed by atoms with E-state index in [0.29, 0.717) is 40.6 Å². The average molecular weight is 301 g/mol. The summed E-state index contributed by atoms with van der Waals surface area (Å²) in [6.07, 6.45) is 2.98. The number of aromatic hydroxyl groups is 1. The van der Waals surface area contributed by atoms with Crippen molar-refractivity contribution in [2.45, 2.75) is 6.54 Å². The molecule has 0 bridgehead atoms. The smallest absolute Gasteiger partial charge is 0.182 e. The number of hydrogen-bond acceptors (Lipinski definition) is 7. The molecule has 0 unspecified atom stereocenters. The molecule has 8 nitrogen and oxygen atoms in total. The molecule has 3 N–H and O–H groups in total. The van der Waals surface area contributed by atoms with E-state index in [1.807, 2.05) is 0 Å². The number of nitrogens with one attached hydrogen (secondary N) is 2. The number of nitrogens with zero attached hydrogens (tertiary/aromatic N) is 3. The lowest BCUT2D eigenvalue weighted by Crippen LogP contribution is -2.05. The van der Waals surface area contributed by atoms with Gasteiger partial charge in [0.25, 0.3) is 0 Å². The molecule has 8 heteroatoms. The van der Waals surface area contributed by atoms with Crippen molar-refractivity contribution in [2.24, 2.45) is 0 Å². The van der Waals surface area contributed by atoms with Crippen LogP contribution >= 0.6 is 0 Å². The van der Waals surface area contributed by atoms with Crippen LogP contribution in [-0.2, 0) is 6.54 Å². The molecule has 1 aromatic carbocycles. The quantitative estimate of drug-likeness (QED) is 0.658. The van der Waals surface area contributed by atoms with Gasteiger partial charge in [0.15, 0.2) is 11.5 Å². The number of H-pyrrole nitrogens is 1. The fourth-order valence-electron chi connectivity index (χ4n) is 2.15. The van der Waals surface area contributed by atoms with Crippen LogP contribution in [0.1, 0.15) is 5.56 Å². The van der Waals surface area contributed by atoms with Crippen LogP contribution in [-0.4, -0.2) is 39.3 Å². The van der Waals surface area contributed by atoms with Crippen molar-refractivity contribution in [1.82, 2.24) is 19.9 Å². The average Bonchev–Trinajstić information content (AvgIpc) is 3.02. The first-order chi connectivity index (χ1) is 10.7. The van der Waals surface area contributed by atoms with E-state index in [-0.39, 0.29) is 5.75 Å². The van der Waals surface area contributed by atoms with Crippen LogP contribution in [0.3, 0.4) is 0 Å². The number of methoxy groups -OCH3 is 2. The molecule has 2 heterocycles. The van der Waals surface area contributed by atoms with Gasteiger partial charge in [-0.15, -0.1) is 0 Å². The SMILES string of the molecule is COc1cc(O)c(CNc2ncnc3nc[nH]c23)c(OC)c1. The zero-order valence-electron chi connectivity index (χ0n) is 12.1. The highest BCUT2D eigenvalue weighted by atomic mass is 16.5. The molecular weight excluding hydrogens is 286 g/mol. The van der Waals surface area contributed by atoms with Crippen LogP contribution in [0.2, 0.25) is 0 Å². The van der Waals surface area contributed by atoms with Crippen LogP contribution in [0.25, 0.3) is 11.2 Å². The van der Waals surface area contributed by atoms with Gasteiger partial charge in [0.05, 0.1) is 26.1 Å². The molecule has 0 saturated heterocycles. The predicted molar refractivity (Wildman–Crippen MR) is 80.2 cm³/mol. The van der Waals surface area contributed by atoms with Gasteiger partial charge in [-0.2, -0.15) is 0 Å². The van der Waals surface area contributed by atoms with Gasteiger partial charge in [-0.25, -0.2) is 15.0 Å². The van der Waals surface area contributed by atoms with E-state index >= 15 is 0 Å². The minimum Gasteiger partial charge on any atom is -0.507 e. The van der Waals surface area contributed by atoms with Crippen molar-refractivity contribution in [3.63, 3.8) is 0 Å². The molecule has 0 atom stereocenters. The van der Waals surface area contributed by atoms with E-state index in [4.69, 9.17) is 9.47 Å². The Labute approximate surface area is 126 Å². The topological polar surface area (TPSA) is 105 Å². The number of imidazole rings is 1. The van der Waals surface area contributed by atoms with E-state index in [1.165, 1.54) is 26.6 Å². The van der Waals surface area contributed by atoms with E-state index in [2.05, 4.69) is 25.3 Å². The fourth-order valence-corrected chi connectivity index (χ4v) is 2.15. The Morgan fingerprint density at radius 1 is 1.18 bits per heavy atom. The van der Waals surface area contributed by atoms with Crippen molar-refractivity contribution in [3.8, 4) is 17.2 Å². The number of anilines is 1. The molecule has 3 rings (SSSR count). The van der Waals surface area contributed by atoms with Gasteiger partial charge in [-0.05, 0) is 0 Å². The Hall–Kier alpha value is -3.03. The van der Waals surface area contributed by atoms with Gasteiger partial charge in [-0.3, -0.25) is 0 Å². The monoisotopic (exact) mass is 301 g/mol. The normalized spacial score (nSPS) is 10.6. The zero-order chi connectivity index (χ0) is 15.5. The van der Waals surface area contributed by atoms with Gasteiger partial charge in [0, 0.05) is 18.7 Å². The van der Waals surface area contributed by atoms with Crippen LogP contribution in [0.4, 0.5) is 5.82 Å². The number of fused-ring (bicyclic) bond motifs is 1. The third-order valence-corrected chi connectivity index (χ3v) is 3.27. The largest absolute Gasteiger partial charge is 0.507 e. The number of phenols is 1. The Morgan fingerprint density at radius 2 is 2.05 bits per heavy atom. The lowest BCUT2D eigenvalue weighted by atomic mass is 10.1. The van der Waals surface area contributed by atoms with Crippen molar-refractivity contribution < 1.29 is 14.6 Å². The molecule has 0 aliphatic rings. The molecular formula is C14H15N5O3. The molecule has 0 amide bonds. The summed E-state index contributed by atoms with van der Waals surface area (Å²) in [5.74, 6) is 1.73. The Morgan fingerprint density at radius 3 is 2.82 bits per heavy atom. The first kappa shape index (κ1) is 13.9. The maximum absolute atomic E-state index is 10.1. The Kier molecular flexibility index (Phi) is 3.65. The minimum absolute atomic E-state index is 0.0820. The van der Waals surface area contributed by atoms with Gasteiger partial charge in [-0.1, -0.05) is 0 Å². The lowest BCUT2D eigenvalue weighted by molar-refractivity contribution is 0.380. The maximum atomic E-state index is 10.1. The summed E-state index contributed by atoms with van der Waals surface area (Å²) in [4.78, 5) is 15.3. The maximum Gasteiger partial charge on any atom is 0.182 e. The molecule has 0 fully saturated rings. The molecule has 2 aromatic heterocycles. The molecule has 0 saturated carbocycles. The summed E-state index contributed by atoms with van der Waals surface area (Å²) < 4.78 is 10.4. The number of phenolic OH excluding ortho intramolecular Hbond substituents is 1. The highest BCUT2D eigenvalue weighted by Gasteiger charge is 2.13. The fraction of sp³-hybridized carbons (Fsp3) is 0.214. The Balaban J connectivity index is 1.89. The van der Waals surface area contributed by atoms with E-state index in [9.17, 15) is 5.11 Å². The number of hydrogen-bond donors (Lipinski definition) is 3. The standard InChI is InChI=1S/C14H15N5O3/c1-21-8-3-10(20)9(11(4-8)22-2)5-15-13-12-14(17-6-16-12)19-7-18-13/h3-4,6-7,20H,5H2,1-2H3,(H2,15,16,17,18,19). The highest BCUT2D eigenvalue weighted by Crippen LogP contribution is 2.33. The molecule has 0 spiro atoms. The summed E-state index contributed by atoms with van der Waals surface area (Å²) in [7, 11) is 3.07. The zero-order valence-corrected chi connectivity index (χ0v) is 12.1. The third-order valence-electron chi connectivity index (χ3n) is 3.27. The molecule has 114 valence electrons. The highest BCUT2D eigenvalue weighted by molar-refractivity contribution is 5.81. The van der Waals surface area contributed by atoms with Crippen LogP contribution < -0.4 is 14.8 Å². The number of aromatic nitrogens is 4. The van der Waals surface area contributed by atoms with Crippen LogP contribution in [0, 0.1) is 0 Å². The minimum atomic E-state index is 0.0820. The van der Waals surface area contributed by atoms with E-state index in [1.54, 1.807) is 12.4 Å². The van der Waals surface area contributed by atoms with Crippen molar-refractivity contribution in [1.29, 1.82) is 0 Å². The summed E-state index contributed by atoms with van der Waals surface area (Å²) in [5.41, 5.74) is 1.88. The molecule has 0 aliphatic carbocycles. The lowest BCUT2D eigenvalue weighted by Gasteiger charge is -2.13. The van der Waals surface area contributed by atoms with Crippen molar-refractivity contribution in [2.75, 3.05) is 19.5 Å². The van der Waals surface area contributed by atoms with Gasteiger partial charge < -0.3 is 24.9 Å². The third kappa shape index (κ3) is 2.46. The summed E-state index contributed by atoms with van der Waals surface area (Å²) in [5, 5.41) is 13.3. The summed E-state index contributed by atoms with van der Waals surface area (Å²) in [6.45, 7) is 0.324. The molecule has 22 heavy (non-hydrogen) atoms.